The summed E-state index contributed by atoms with van der Waals surface area (Å²) in [5.74, 6) is -1.18. The van der Waals surface area contributed by atoms with Crippen LogP contribution in [0.1, 0.15) is 25.7 Å². The van der Waals surface area contributed by atoms with Gasteiger partial charge in [-0.05, 0) is 43.3 Å². The average molecular weight is 433 g/mol. The summed E-state index contributed by atoms with van der Waals surface area (Å²) in [7, 11) is 0. The van der Waals surface area contributed by atoms with Crippen molar-refractivity contribution in [1.29, 1.82) is 0 Å². The second-order valence-electron chi connectivity index (χ2n) is 7.05. The van der Waals surface area contributed by atoms with Crippen molar-refractivity contribution in [3.63, 3.8) is 0 Å². The smallest absolute Gasteiger partial charge is 0.348 e. The van der Waals surface area contributed by atoms with Gasteiger partial charge in [0.1, 0.15) is 15.5 Å². The van der Waals surface area contributed by atoms with E-state index in [1.807, 2.05) is 31.2 Å². The van der Waals surface area contributed by atoms with Gasteiger partial charge in [-0.25, -0.2) is 13.9 Å². The lowest BCUT2D eigenvalue weighted by molar-refractivity contribution is 0.0480. The molecule has 8 heteroatoms. The Morgan fingerprint density at radius 1 is 1.13 bits per heavy atom. The Balaban J connectivity index is 1.37. The quantitative estimate of drug-likeness (QED) is 0.311. The van der Waals surface area contributed by atoms with Gasteiger partial charge < -0.3 is 9.72 Å². The highest BCUT2D eigenvalue weighted by Gasteiger charge is 2.20. The molecular formula is C23H16FN3O3S. The standard InChI is InChI=1S/C23H16FN3O3S/c1-13-17-10-21(31-22(17)27(26-13)15-8-6-14(24)7-9-15)23(29)30-12-20(28)18-11-25-19-5-3-2-4-16(18)19/h2-11,25H,12H2,1H3. The number of aromatic nitrogens is 3. The third-order valence-electron chi connectivity index (χ3n) is 5.04. The van der Waals surface area contributed by atoms with Crippen molar-refractivity contribution in [1.82, 2.24) is 14.8 Å². The van der Waals surface area contributed by atoms with Crippen molar-refractivity contribution in [2.75, 3.05) is 6.61 Å². The molecule has 0 radical (unpaired) electrons. The number of ether oxygens (including phenoxy) is 1. The molecule has 154 valence electrons. The maximum absolute atomic E-state index is 13.3. The van der Waals surface area contributed by atoms with E-state index in [-0.39, 0.29) is 18.2 Å². The molecule has 0 saturated heterocycles. The van der Waals surface area contributed by atoms with Crippen LogP contribution in [0.3, 0.4) is 0 Å². The number of nitrogens with one attached hydrogen (secondary N) is 1. The zero-order valence-corrected chi connectivity index (χ0v) is 17.2. The lowest BCUT2D eigenvalue weighted by Crippen LogP contribution is -2.13. The molecule has 31 heavy (non-hydrogen) atoms. The van der Waals surface area contributed by atoms with Gasteiger partial charge in [-0.15, -0.1) is 11.3 Å². The van der Waals surface area contributed by atoms with E-state index in [1.54, 1.807) is 29.1 Å². The monoisotopic (exact) mass is 433 g/mol. The topological polar surface area (TPSA) is 77.0 Å². The second kappa shape index (κ2) is 7.48. The minimum absolute atomic E-state index is 0.277. The molecule has 0 spiro atoms. The number of nitrogens with zero attached hydrogens (tertiary/aromatic N) is 2. The Labute approximate surface area is 179 Å². The van der Waals surface area contributed by atoms with Crippen molar-refractivity contribution in [2.24, 2.45) is 0 Å². The Hall–Kier alpha value is -3.78. The van der Waals surface area contributed by atoms with Crippen molar-refractivity contribution in [3.05, 3.63) is 82.7 Å². The summed E-state index contributed by atoms with van der Waals surface area (Å²) >= 11 is 1.22. The molecule has 0 fully saturated rings. The molecule has 3 aromatic heterocycles. The summed E-state index contributed by atoms with van der Waals surface area (Å²) in [5, 5.41) is 6.08. The normalized spacial score (nSPS) is 11.3. The third kappa shape index (κ3) is 3.40. The first kappa shape index (κ1) is 19.2. The van der Waals surface area contributed by atoms with Gasteiger partial charge in [-0.3, -0.25) is 4.79 Å². The number of ketones is 1. The number of aryl methyl sites for hydroxylation is 1. The third-order valence-corrected chi connectivity index (χ3v) is 6.13. The summed E-state index contributed by atoms with van der Waals surface area (Å²) in [6, 6.07) is 15.1. The number of esters is 1. The van der Waals surface area contributed by atoms with Crippen LogP contribution in [-0.4, -0.2) is 33.1 Å². The summed E-state index contributed by atoms with van der Waals surface area (Å²) in [6.07, 6.45) is 1.63. The lowest BCUT2D eigenvalue weighted by atomic mass is 10.1. The van der Waals surface area contributed by atoms with Crippen LogP contribution in [0.2, 0.25) is 0 Å². The SMILES string of the molecule is Cc1nn(-c2ccc(F)cc2)c2sc(C(=O)OCC(=O)c3c[nH]c4ccccc34)cc12. The van der Waals surface area contributed by atoms with Crippen LogP contribution >= 0.6 is 11.3 Å². The van der Waals surface area contributed by atoms with E-state index in [4.69, 9.17) is 4.74 Å². The number of H-pyrrole nitrogens is 1. The van der Waals surface area contributed by atoms with Crippen LogP contribution in [0.25, 0.3) is 26.8 Å². The maximum Gasteiger partial charge on any atom is 0.348 e. The van der Waals surface area contributed by atoms with Crippen molar-refractivity contribution in [2.45, 2.75) is 6.92 Å². The van der Waals surface area contributed by atoms with Crippen LogP contribution in [0.4, 0.5) is 4.39 Å². The highest BCUT2D eigenvalue weighted by atomic mass is 32.1. The fourth-order valence-corrected chi connectivity index (χ4v) is 4.56. The van der Waals surface area contributed by atoms with E-state index in [9.17, 15) is 14.0 Å². The molecule has 0 amide bonds. The molecule has 3 heterocycles. The van der Waals surface area contributed by atoms with Gasteiger partial charge in [0.2, 0.25) is 5.78 Å². The van der Waals surface area contributed by atoms with Crippen LogP contribution in [-0.2, 0) is 4.74 Å². The molecule has 5 rings (SSSR count). The first-order chi connectivity index (χ1) is 15.0. The molecule has 0 aliphatic heterocycles. The predicted octanol–water partition coefficient (Wildman–Crippen LogP) is 5.06. The largest absolute Gasteiger partial charge is 0.453 e. The van der Waals surface area contributed by atoms with Gasteiger partial charge in [0.25, 0.3) is 0 Å². The Kier molecular flexibility index (Phi) is 4.63. The predicted molar refractivity (Wildman–Crippen MR) is 117 cm³/mol. The molecule has 0 bridgehead atoms. The van der Waals surface area contributed by atoms with E-state index in [0.29, 0.717) is 16.1 Å². The van der Waals surface area contributed by atoms with Crippen LogP contribution in [0, 0.1) is 12.7 Å². The summed E-state index contributed by atoms with van der Waals surface area (Å²) in [6.45, 7) is 1.49. The van der Waals surface area contributed by atoms with Gasteiger partial charge in [0.15, 0.2) is 6.61 Å². The first-order valence-corrected chi connectivity index (χ1v) is 10.3. The maximum atomic E-state index is 13.3. The molecule has 0 unspecified atom stereocenters. The number of rotatable bonds is 5. The molecule has 1 N–H and O–H groups in total. The Morgan fingerprint density at radius 2 is 1.90 bits per heavy atom. The first-order valence-electron chi connectivity index (χ1n) is 9.53. The zero-order chi connectivity index (χ0) is 21.5. The van der Waals surface area contributed by atoms with Crippen LogP contribution < -0.4 is 0 Å². The number of thiophene rings is 1. The Morgan fingerprint density at radius 3 is 2.71 bits per heavy atom. The van der Waals surface area contributed by atoms with E-state index in [1.165, 1.54) is 23.5 Å². The van der Waals surface area contributed by atoms with Crippen LogP contribution in [0.5, 0.6) is 0 Å². The molecule has 0 aliphatic carbocycles. The summed E-state index contributed by atoms with van der Waals surface area (Å²) in [5.41, 5.74) is 2.77. The number of para-hydroxylation sites is 1. The number of aromatic amines is 1. The van der Waals surface area contributed by atoms with Gasteiger partial charge in [-0.1, -0.05) is 18.2 Å². The number of fused-ring (bicyclic) bond motifs is 2. The molecule has 0 saturated carbocycles. The molecular weight excluding hydrogens is 417 g/mol. The average Bonchev–Trinajstić information content (AvgIpc) is 3.47. The number of halogens is 1. The van der Waals surface area contributed by atoms with Gasteiger partial charge in [-0.2, -0.15) is 5.10 Å². The number of carbonyl (C=O) groups excluding carboxylic acids is 2. The molecule has 0 atom stereocenters. The van der Waals surface area contributed by atoms with Gasteiger partial charge >= 0.3 is 5.97 Å². The number of hydrogen-bond acceptors (Lipinski definition) is 5. The van der Waals surface area contributed by atoms with Crippen molar-refractivity contribution < 1.29 is 18.7 Å². The minimum atomic E-state index is -0.570. The van der Waals surface area contributed by atoms with Crippen LogP contribution in [0.15, 0.2) is 60.8 Å². The van der Waals surface area contributed by atoms with Crippen molar-refractivity contribution in [3.8, 4) is 5.69 Å². The van der Waals surface area contributed by atoms with Gasteiger partial charge in [0.05, 0.1) is 11.4 Å². The summed E-state index contributed by atoms with van der Waals surface area (Å²) in [4.78, 5) is 29.3. The van der Waals surface area contributed by atoms with Crippen molar-refractivity contribution >= 4 is 44.2 Å². The van der Waals surface area contributed by atoms with Gasteiger partial charge in [0, 0.05) is 28.0 Å². The van der Waals surface area contributed by atoms with E-state index in [0.717, 1.165) is 26.8 Å². The lowest BCUT2D eigenvalue weighted by Gasteiger charge is -2.03. The molecule has 0 aliphatic rings. The fourth-order valence-electron chi connectivity index (χ4n) is 3.49. The van der Waals surface area contributed by atoms with E-state index >= 15 is 0 Å². The number of carbonyl (C=O) groups is 2. The number of benzene rings is 2. The molecule has 2 aromatic carbocycles. The highest BCUT2D eigenvalue weighted by molar-refractivity contribution is 7.20. The number of hydrogen-bond donors (Lipinski definition) is 1. The zero-order valence-electron chi connectivity index (χ0n) is 16.4. The number of Topliss-reactive ketones (excluding diaryl/α,β-unsaturated/α-hetero) is 1. The highest BCUT2D eigenvalue weighted by Crippen LogP contribution is 2.31. The molecule has 6 nitrogen and oxygen atoms in total. The van der Waals surface area contributed by atoms with E-state index < -0.39 is 5.97 Å². The second-order valence-corrected chi connectivity index (χ2v) is 8.08. The van der Waals surface area contributed by atoms with E-state index in [2.05, 4.69) is 10.1 Å². The fraction of sp³-hybridized carbons (Fsp3) is 0.0870. The molecule has 5 aromatic rings. The Bertz CT molecular complexity index is 1450. The minimum Gasteiger partial charge on any atom is -0.453 e. The summed E-state index contributed by atoms with van der Waals surface area (Å²) < 4.78 is 20.2.